The van der Waals surface area contributed by atoms with Gasteiger partial charge >= 0.3 is 0 Å². The number of hydrogen-bond acceptors (Lipinski definition) is 5. The molecule has 4 aromatic rings. The molecule has 0 fully saturated rings. The van der Waals surface area contributed by atoms with E-state index in [1.807, 2.05) is 42.5 Å². The van der Waals surface area contributed by atoms with Gasteiger partial charge in [-0.05, 0) is 69.9 Å². The fourth-order valence-electron chi connectivity index (χ4n) is 3.74. The van der Waals surface area contributed by atoms with Crippen LogP contribution in [0.25, 0.3) is 10.2 Å². The Hall–Kier alpha value is -2.59. The number of halogens is 1. The number of benzene rings is 3. The molecule has 1 amide bonds. The molecule has 9 heteroatoms. The smallest absolute Gasteiger partial charge is 0.257 e. The van der Waals surface area contributed by atoms with Gasteiger partial charge in [0.2, 0.25) is 10.0 Å². The number of sulfonamides is 1. The number of carbonyl (C=O) groups excluding carboxylic acids is 1. The number of fused-ring (bicyclic) bond motifs is 2. The van der Waals surface area contributed by atoms with Gasteiger partial charge in [0.05, 0.1) is 15.1 Å². The van der Waals surface area contributed by atoms with E-state index in [9.17, 15) is 13.2 Å². The zero-order valence-corrected chi connectivity index (χ0v) is 20.0. The molecular formula is C23H18BrN3O3S2. The summed E-state index contributed by atoms with van der Waals surface area (Å²) >= 11 is 4.84. The lowest BCUT2D eigenvalue weighted by Crippen LogP contribution is -2.35. The minimum absolute atomic E-state index is 0.178. The minimum atomic E-state index is -3.64. The highest BCUT2D eigenvalue weighted by Crippen LogP contribution is 2.31. The van der Waals surface area contributed by atoms with E-state index in [4.69, 9.17) is 0 Å². The Morgan fingerprint density at radius 1 is 1.00 bits per heavy atom. The second-order valence-electron chi connectivity index (χ2n) is 7.44. The van der Waals surface area contributed by atoms with Crippen LogP contribution in [0.4, 0.5) is 5.13 Å². The van der Waals surface area contributed by atoms with Crippen LogP contribution < -0.4 is 5.32 Å². The number of hydrogen-bond donors (Lipinski definition) is 1. The molecule has 162 valence electrons. The maximum atomic E-state index is 13.1. The van der Waals surface area contributed by atoms with Gasteiger partial charge < -0.3 is 0 Å². The van der Waals surface area contributed by atoms with Crippen molar-refractivity contribution in [2.24, 2.45) is 0 Å². The predicted octanol–water partition coefficient (Wildman–Crippen LogP) is 5.06. The van der Waals surface area contributed by atoms with Crippen LogP contribution in [-0.2, 0) is 23.0 Å². The van der Waals surface area contributed by atoms with Gasteiger partial charge in [-0.2, -0.15) is 4.31 Å². The lowest BCUT2D eigenvalue weighted by molar-refractivity contribution is 0.102. The fourth-order valence-corrected chi connectivity index (χ4v) is 6.63. The molecule has 0 aliphatic carbocycles. The van der Waals surface area contributed by atoms with Crippen molar-refractivity contribution in [3.8, 4) is 0 Å². The average molecular weight is 528 g/mol. The van der Waals surface area contributed by atoms with Crippen LogP contribution in [0.3, 0.4) is 0 Å². The summed E-state index contributed by atoms with van der Waals surface area (Å²) in [6.45, 7) is 0.794. The van der Waals surface area contributed by atoms with Crippen molar-refractivity contribution in [1.29, 1.82) is 0 Å². The van der Waals surface area contributed by atoms with Gasteiger partial charge in [0.1, 0.15) is 0 Å². The van der Waals surface area contributed by atoms with Gasteiger partial charge in [-0.15, -0.1) is 0 Å². The lowest BCUT2D eigenvalue weighted by atomic mass is 10.0. The molecule has 0 unspecified atom stereocenters. The van der Waals surface area contributed by atoms with Crippen molar-refractivity contribution in [2.75, 3.05) is 11.9 Å². The fraction of sp³-hybridized carbons (Fsp3) is 0.130. The minimum Gasteiger partial charge on any atom is -0.298 e. The van der Waals surface area contributed by atoms with Gasteiger partial charge in [0.25, 0.3) is 5.91 Å². The summed E-state index contributed by atoms with van der Waals surface area (Å²) in [6.07, 6.45) is 0.689. The van der Waals surface area contributed by atoms with Crippen LogP contribution in [0.1, 0.15) is 21.5 Å². The molecular weight excluding hydrogens is 510 g/mol. The summed E-state index contributed by atoms with van der Waals surface area (Å²) in [6, 6.07) is 19.7. The largest absolute Gasteiger partial charge is 0.298 e. The molecule has 5 rings (SSSR count). The molecule has 0 radical (unpaired) electrons. The van der Waals surface area contributed by atoms with E-state index in [-0.39, 0.29) is 10.8 Å². The van der Waals surface area contributed by atoms with Crippen molar-refractivity contribution in [3.05, 3.63) is 87.9 Å². The van der Waals surface area contributed by atoms with Crippen molar-refractivity contribution in [3.63, 3.8) is 0 Å². The molecule has 0 atom stereocenters. The molecule has 1 aliphatic heterocycles. The van der Waals surface area contributed by atoms with Gasteiger partial charge in [-0.3, -0.25) is 10.1 Å². The number of para-hydroxylation sites is 1. The number of aromatic nitrogens is 1. The normalized spacial score (nSPS) is 14.3. The predicted molar refractivity (Wildman–Crippen MR) is 129 cm³/mol. The van der Waals surface area contributed by atoms with E-state index in [0.29, 0.717) is 30.2 Å². The van der Waals surface area contributed by atoms with Crippen LogP contribution in [0.5, 0.6) is 0 Å². The first-order valence-electron chi connectivity index (χ1n) is 9.95. The average Bonchev–Trinajstić information content (AvgIpc) is 3.22. The van der Waals surface area contributed by atoms with E-state index in [1.165, 1.54) is 45.5 Å². The Kier molecular flexibility index (Phi) is 5.58. The van der Waals surface area contributed by atoms with E-state index in [0.717, 1.165) is 20.3 Å². The standard InChI is InChI=1S/C23H18BrN3O3S2/c24-19-6-3-7-20-21(19)25-23(31-20)26-22(28)16-8-10-18(11-9-16)32(29,30)27-13-12-15-4-1-2-5-17(15)14-27/h1-11H,12-14H2,(H,25,26,28). The summed E-state index contributed by atoms with van der Waals surface area (Å²) < 4.78 is 29.5. The third kappa shape index (κ3) is 3.97. The Morgan fingerprint density at radius 2 is 1.75 bits per heavy atom. The molecule has 2 heterocycles. The maximum Gasteiger partial charge on any atom is 0.257 e. The van der Waals surface area contributed by atoms with E-state index in [1.54, 1.807) is 0 Å². The van der Waals surface area contributed by atoms with Gasteiger partial charge in [-0.1, -0.05) is 41.7 Å². The van der Waals surface area contributed by atoms with Crippen LogP contribution in [0.2, 0.25) is 0 Å². The number of anilines is 1. The first kappa shape index (κ1) is 21.3. The molecule has 0 saturated carbocycles. The van der Waals surface area contributed by atoms with Crippen molar-refractivity contribution in [2.45, 2.75) is 17.9 Å². The lowest BCUT2D eigenvalue weighted by Gasteiger charge is -2.28. The summed E-state index contributed by atoms with van der Waals surface area (Å²) in [5.74, 6) is -0.337. The maximum absolute atomic E-state index is 13.1. The first-order chi connectivity index (χ1) is 15.4. The van der Waals surface area contributed by atoms with E-state index in [2.05, 4.69) is 26.2 Å². The number of nitrogens with one attached hydrogen (secondary N) is 1. The third-order valence-corrected chi connectivity index (χ3v) is 8.88. The second kappa shape index (κ2) is 8.40. The monoisotopic (exact) mass is 527 g/mol. The quantitative estimate of drug-likeness (QED) is 0.402. The number of amides is 1. The molecule has 0 saturated heterocycles. The Morgan fingerprint density at radius 3 is 2.50 bits per heavy atom. The molecule has 0 spiro atoms. The zero-order valence-electron chi connectivity index (χ0n) is 16.8. The van der Waals surface area contributed by atoms with Crippen molar-refractivity contribution >= 4 is 58.5 Å². The first-order valence-corrected chi connectivity index (χ1v) is 13.0. The third-order valence-electron chi connectivity index (χ3n) is 5.44. The zero-order chi connectivity index (χ0) is 22.3. The number of thiazole rings is 1. The van der Waals surface area contributed by atoms with Gasteiger partial charge in [0, 0.05) is 23.1 Å². The topological polar surface area (TPSA) is 79.4 Å². The van der Waals surface area contributed by atoms with Crippen LogP contribution >= 0.6 is 27.3 Å². The summed E-state index contributed by atoms with van der Waals surface area (Å²) in [5, 5.41) is 3.28. The molecule has 3 aromatic carbocycles. The van der Waals surface area contributed by atoms with Crippen LogP contribution in [0, 0.1) is 0 Å². The summed E-state index contributed by atoms with van der Waals surface area (Å²) in [7, 11) is -3.64. The number of rotatable bonds is 4. The van der Waals surface area contributed by atoms with Crippen LogP contribution in [0.15, 0.2) is 76.1 Å². The molecule has 6 nitrogen and oxygen atoms in total. The summed E-state index contributed by atoms with van der Waals surface area (Å²) in [4.78, 5) is 17.3. The van der Waals surface area contributed by atoms with E-state index < -0.39 is 10.0 Å². The van der Waals surface area contributed by atoms with E-state index >= 15 is 0 Å². The van der Waals surface area contributed by atoms with Crippen LogP contribution in [-0.4, -0.2) is 30.2 Å². The molecule has 1 aliphatic rings. The van der Waals surface area contributed by atoms with Gasteiger partial charge in [-0.25, -0.2) is 13.4 Å². The molecule has 1 aromatic heterocycles. The highest BCUT2D eigenvalue weighted by atomic mass is 79.9. The summed E-state index contributed by atoms with van der Waals surface area (Å²) in [5.41, 5.74) is 3.37. The molecule has 32 heavy (non-hydrogen) atoms. The Bertz CT molecular complexity index is 1430. The van der Waals surface area contributed by atoms with Crippen molar-refractivity contribution in [1.82, 2.24) is 9.29 Å². The molecule has 1 N–H and O–H groups in total. The highest BCUT2D eigenvalue weighted by molar-refractivity contribution is 9.10. The second-order valence-corrected chi connectivity index (χ2v) is 11.3. The SMILES string of the molecule is O=C(Nc1nc2c(Br)cccc2s1)c1ccc(S(=O)(=O)N2CCc3ccccc3C2)cc1. The van der Waals surface area contributed by atoms with Gasteiger partial charge in [0.15, 0.2) is 5.13 Å². The number of carbonyl (C=O) groups is 1. The Labute approximate surface area is 198 Å². The molecule has 0 bridgehead atoms. The number of nitrogens with zero attached hydrogens (tertiary/aromatic N) is 2. The Balaban J connectivity index is 1.33. The van der Waals surface area contributed by atoms with Crippen molar-refractivity contribution < 1.29 is 13.2 Å². The highest BCUT2D eigenvalue weighted by Gasteiger charge is 2.28.